The Labute approximate surface area is 105 Å². The van der Waals surface area contributed by atoms with E-state index in [1.54, 1.807) is 0 Å². The number of morpholine rings is 1. The third kappa shape index (κ3) is 2.49. The lowest BCUT2D eigenvalue weighted by atomic mass is 10.2. The van der Waals surface area contributed by atoms with E-state index in [4.69, 9.17) is 9.84 Å². The van der Waals surface area contributed by atoms with Gasteiger partial charge in [0.2, 0.25) is 5.91 Å². The number of carbonyl (C=O) groups is 2. The monoisotopic (exact) mass is 277 g/mol. The lowest BCUT2D eigenvalue weighted by Gasteiger charge is -2.34. The van der Waals surface area contributed by atoms with Crippen LogP contribution in [-0.2, 0) is 24.2 Å². The van der Waals surface area contributed by atoms with E-state index >= 15 is 0 Å². The Morgan fingerprint density at radius 2 is 2.22 bits per heavy atom. The predicted octanol–water partition coefficient (Wildman–Crippen LogP) is -1.12. The summed E-state index contributed by atoms with van der Waals surface area (Å²) in [6.45, 7) is -0.314. The lowest BCUT2D eigenvalue weighted by molar-refractivity contribution is -0.162. The minimum Gasteiger partial charge on any atom is -0.480 e. The molecule has 0 aromatic heterocycles. The maximum Gasteiger partial charge on any atom is 0.328 e. The van der Waals surface area contributed by atoms with Crippen LogP contribution in [0.1, 0.15) is 12.8 Å². The standard InChI is InChI=1S/C10H15NO6S/c12-9-6-17-5-8(10(13)14)11(9)4-7-2-1-3-18(7,15)16/h7-8H,1-6H2,(H,13,14). The van der Waals surface area contributed by atoms with Crippen LogP contribution in [0.4, 0.5) is 0 Å². The van der Waals surface area contributed by atoms with Crippen molar-refractivity contribution in [3.8, 4) is 0 Å². The van der Waals surface area contributed by atoms with Gasteiger partial charge >= 0.3 is 5.97 Å². The molecule has 0 bridgehead atoms. The number of ether oxygens (including phenoxy) is 1. The van der Waals surface area contributed by atoms with Gasteiger partial charge in [0.1, 0.15) is 6.61 Å². The fourth-order valence-electron chi connectivity index (χ4n) is 2.32. The molecule has 2 saturated heterocycles. The molecule has 2 aliphatic rings. The van der Waals surface area contributed by atoms with Crippen LogP contribution in [-0.4, -0.2) is 67.1 Å². The van der Waals surface area contributed by atoms with E-state index in [0.717, 1.165) is 4.90 Å². The number of hydrogen-bond acceptors (Lipinski definition) is 5. The summed E-state index contributed by atoms with van der Waals surface area (Å²) >= 11 is 0. The molecule has 0 spiro atoms. The SMILES string of the molecule is O=C(O)C1COCC(=O)N1CC1CCCS1(=O)=O. The van der Waals surface area contributed by atoms with Crippen molar-refractivity contribution in [3.05, 3.63) is 0 Å². The number of carboxylic acid groups (broad SMARTS) is 1. The van der Waals surface area contributed by atoms with Gasteiger partial charge in [-0.05, 0) is 12.8 Å². The second-order valence-corrected chi connectivity index (χ2v) is 6.95. The van der Waals surface area contributed by atoms with E-state index in [1.807, 2.05) is 0 Å². The molecule has 18 heavy (non-hydrogen) atoms. The number of nitrogens with zero attached hydrogens (tertiary/aromatic N) is 1. The molecule has 7 nitrogen and oxygen atoms in total. The number of carbonyl (C=O) groups excluding carboxylic acids is 1. The molecule has 2 unspecified atom stereocenters. The van der Waals surface area contributed by atoms with Gasteiger partial charge in [0, 0.05) is 6.54 Å². The van der Waals surface area contributed by atoms with Gasteiger partial charge in [-0.15, -0.1) is 0 Å². The van der Waals surface area contributed by atoms with Gasteiger partial charge in [-0.25, -0.2) is 13.2 Å². The molecule has 2 aliphatic heterocycles. The van der Waals surface area contributed by atoms with Gasteiger partial charge in [0.05, 0.1) is 17.6 Å². The largest absolute Gasteiger partial charge is 0.480 e. The van der Waals surface area contributed by atoms with E-state index in [-0.39, 0.29) is 25.5 Å². The molecule has 2 heterocycles. The van der Waals surface area contributed by atoms with Crippen LogP contribution >= 0.6 is 0 Å². The minimum absolute atomic E-state index is 0.0402. The van der Waals surface area contributed by atoms with Gasteiger partial charge in [-0.2, -0.15) is 0 Å². The third-order valence-electron chi connectivity index (χ3n) is 3.35. The molecule has 2 atom stereocenters. The summed E-state index contributed by atoms with van der Waals surface area (Å²) in [5, 5.41) is 8.37. The summed E-state index contributed by atoms with van der Waals surface area (Å²) in [4.78, 5) is 23.8. The first-order valence-electron chi connectivity index (χ1n) is 5.73. The summed E-state index contributed by atoms with van der Waals surface area (Å²) in [5.41, 5.74) is 0. The molecule has 8 heteroatoms. The Morgan fingerprint density at radius 3 is 2.78 bits per heavy atom. The van der Waals surface area contributed by atoms with Crippen molar-refractivity contribution in [3.63, 3.8) is 0 Å². The quantitative estimate of drug-likeness (QED) is 0.701. The van der Waals surface area contributed by atoms with Crippen LogP contribution in [0.3, 0.4) is 0 Å². The molecule has 2 rings (SSSR count). The summed E-state index contributed by atoms with van der Waals surface area (Å²) in [6, 6.07) is -1.08. The van der Waals surface area contributed by atoms with Gasteiger partial charge in [0.15, 0.2) is 15.9 Å². The first kappa shape index (κ1) is 13.3. The van der Waals surface area contributed by atoms with Gasteiger partial charge in [-0.3, -0.25) is 4.79 Å². The van der Waals surface area contributed by atoms with Crippen LogP contribution in [0.25, 0.3) is 0 Å². The van der Waals surface area contributed by atoms with Crippen molar-refractivity contribution < 1.29 is 27.9 Å². The van der Waals surface area contributed by atoms with E-state index in [9.17, 15) is 18.0 Å². The number of rotatable bonds is 3. The Balaban J connectivity index is 2.14. The molecule has 0 saturated carbocycles. The second kappa shape index (κ2) is 4.85. The maximum atomic E-state index is 11.7. The average Bonchev–Trinajstić information content (AvgIpc) is 2.60. The highest BCUT2D eigenvalue weighted by atomic mass is 32.2. The van der Waals surface area contributed by atoms with E-state index < -0.39 is 33.0 Å². The molecular formula is C10H15NO6S. The van der Waals surface area contributed by atoms with E-state index in [1.165, 1.54) is 0 Å². The number of amides is 1. The lowest BCUT2D eigenvalue weighted by Crippen LogP contribution is -2.55. The van der Waals surface area contributed by atoms with Gasteiger partial charge < -0.3 is 14.7 Å². The highest BCUT2D eigenvalue weighted by Gasteiger charge is 2.39. The number of aliphatic carboxylic acids is 1. The van der Waals surface area contributed by atoms with Crippen molar-refractivity contribution in [1.82, 2.24) is 4.90 Å². The van der Waals surface area contributed by atoms with Crippen molar-refractivity contribution >= 4 is 21.7 Å². The Morgan fingerprint density at radius 1 is 1.50 bits per heavy atom. The predicted molar refractivity (Wildman–Crippen MR) is 60.8 cm³/mol. The Hall–Kier alpha value is -1.15. The molecule has 0 aromatic carbocycles. The van der Waals surface area contributed by atoms with E-state index in [0.29, 0.717) is 12.8 Å². The highest BCUT2D eigenvalue weighted by molar-refractivity contribution is 7.92. The second-order valence-electron chi connectivity index (χ2n) is 4.55. The summed E-state index contributed by atoms with van der Waals surface area (Å²) in [7, 11) is -3.19. The fourth-order valence-corrected chi connectivity index (χ4v) is 4.14. The van der Waals surface area contributed by atoms with Crippen LogP contribution < -0.4 is 0 Å². The fraction of sp³-hybridized carbons (Fsp3) is 0.800. The first-order valence-corrected chi connectivity index (χ1v) is 7.45. The van der Waals surface area contributed by atoms with Gasteiger partial charge in [-0.1, -0.05) is 0 Å². The maximum absolute atomic E-state index is 11.7. The molecule has 0 aromatic rings. The molecule has 1 amide bonds. The zero-order valence-corrected chi connectivity index (χ0v) is 10.6. The van der Waals surface area contributed by atoms with Crippen LogP contribution in [0, 0.1) is 0 Å². The van der Waals surface area contributed by atoms with E-state index in [2.05, 4.69) is 0 Å². The van der Waals surface area contributed by atoms with Crippen molar-refractivity contribution in [2.45, 2.75) is 24.1 Å². The Kier molecular flexibility index (Phi) is 3.58. The van der Waals surface area contributed by atoms with Crippen molar-refractivity contribution in [2.24, 2.45) is 0 Å². The molecule has 102 valence electrons. The average molecular weight is 277 g/mol. The van der Waals surface area contributed by atoms with Crippen molar-refractivity contribution in [2.75, 3.05) is 25.5 Å². The Bertz CT molecular complexity index is 459. The molecule has 0 aliphatic carbocycles. The first-order chi connectivity index (χ1) is 8.42. The third-order valence-corrected chi connectivity index (χ3v) is 5.60. The topological polar surface area (TPSA) is 101 Å². The molecule has 2 fully saturated rings. The zero-order valence-electron chi connectivity index (χ0n) is 9.74. The van der Waals surface area contributed by atoms with Crippen LogP contribution in [0.15, 0.2) is 0 Å². The zero-order chi connectivity index (χ0) is 13.3. The number of carboxylic acids is 1. The minimum atomic E-state index is -3.19. The normalized spacial score (nSPS) is 31.6. The number of hydrogen-bond donors (Lipinski definition) is 1. The van der Waals surface area contributed by atoms with Crippen LogP contribution in [0.5, 0.6) is 0 Å². The van der Waals surface area contributed by atoms with Gasteiger partial charge in [0.25, 0.3) is 0 Å². The summed E-state index contributed by atoms with van der Waals surface area (Å²) < 4.78 is 28.3. The molecule has 1 N–H and O–H groups in total. The molecule has 0 radical (unpaired) electrons. The highest BCUT2D eigenvalue weighted by Crippen LogP contribution is 2.22. The number of sulfone groups is 1. The molecular weight excluding hydrogens is 262 g/mol. The van der Waals surface area contributed by atoms with Crippen molar-refractivity contribution in [1.29, 1.82) is 0 Å². The summed E-state index contributed by atoms with van der Waals surface area (Å²) in [5.74, 6) is -1.51. The smallest absolute Gasteiger partial charge is 0.328 e. The van der Waals surface area contributed by atoms with Crippen LogP contribution in [0.2, 0.25) is 0 Å². The summed E-state index contributed by atoms with van der Waals surface area (Å²) in [6.07, 6.45) is 1.06.